The van der Waals surface area contributed by atoms with Crippen LogP contribution in [-0.4, -0.2) is 11.2 Å². The van der Waals surface area contributed by atoms with Gasteiger partial charge >= 0.3 is 0 Å². The first-order valence-electron chi connectivity index (χ1n) is 3.71. The quantitative estimate of drug-likeness (QED) is 0.361. The van der Waals surface area contributed by atoms with E-state index in [4.69, 9.17) is 0 Å². The standard InChI is InChI=1S/C9H6BrNO3/c10-8-4-3-7(2-1-5-12)9(6-8)11(13)14/h1-6H/b2-1+. The van der Waals surface area contributed by atoms with Crippen LogP contribution >= 0.6 is 15.9 Å². The molecule has 1 rings (SSSR count). The number of nitrogens with zero attached hydrogens (tertiary/aromatic N) is 1. The van der Waals surface area contributed by atoms with Crippen LogP contribution in [0.15, 0.2) is 28.7 Å². The van der Waals surface area contributed by atoms with Crippen molar-refractivity contribution in [2.75, 3.05) is 0 Å². The van der Waals surface area contributed by atoms with Gasteiger partial charge in [0.1, 0.15) is 6.29 Å². The van der Waals surface area contributed by atoms with Crippen LogP contribution in [0.4, 0.5) is 5.69 Å². The number of rotatable bonds is 3. The van der Waals surface area contributed by atoms with Crippen LogP contribution in [0.2, 0.25) is 0 Å². The highest BCUT2D eigenvalue weighted by atomic mass is 79.9. The van der Waals surface area contributed by atoms with Crippen LogP contribution in [0.25, 0.3) is 6.08 Å². The highest BCUT2D eigenvalue weighted by Crippen LogP contribution is 2.24. The van der Waals surface area contributed by atoms with E-state index in [-0.39, 0.29) is 5.69 Å². The maximum atomic E-state index is 10.6. The van der Waals surface area contributed by atoms with Gasteiger partial charge in [-0.15, -0.1) is 0 Å². The first kappa shape index (κ1) is 10.6. The van der Waals surface area contributed by atoms with E-state index in [0.717, 1.165) is 0 Å². The fourth-order valence-corrected chi connectivity index (χ4v) is 1.31. The SMILES string of the molecule is O=C/C=C/c1ccc(Br)cc1[N+](=O)[O-]. The number of halogens is 1. The minimum absolute atomic E-state index is 0.0301. The van der Waals surface area contributed by atoms with E-state index >= 15 is 0 Å². The number of hydrogen-bond donors (Lipinski definition) is 0. The second kappa shape index (κ2) is 4.66. The fraction of sp³-hybridized carbons (Fsp3) is 0. The van der Waals surface area contributed by atoms with Crippen LogP contribution in [0.5, 0.6) is 0 Å². The molecule has 0 saturated heterocycles. The van der Waals surface area contributed by atoms with Crippen molar-refractivity contribution in [3.63, 3.8) is 0 Å². The zero-order valence-electron chi connectivity index (χ0n) is 7.01. The molecule has 4 nitrogen and oxygen atoms in total. The van der Waals surface area contributed by atoms with Gasteiger partial charge in [-0.05, 0) is 24.3 Å². The van der Waals surface area contributed by atoms with Gasteiger partial charge in [0.05, 0.1) is 10.5 Å². The van der Waals surface area contributed by atoms with E-state index < -0.39 is 4.92 Å². The molecule has 0 heterocycles. The van der Waals surface area contributed by atoms with Gasteiger partial charge in [0, 0.05) is 10.5 Å². The normalized spacial score (nSPS) is 10.4. The van der Waals surface area contributed by atoms with E-state index in [1.165, 1.54) is 18.2 Å². The monoisotopic (exact) mass is 255 g/mol. The van der Waals surface area contributed by atoms with Crippen molar-refractivity contribution in [3.05, 3.63) is 44.4 Å². The summed E-state index contributed by atoms with van der Waals surface area (Å²) in [5, 5.41) is 10.6. The molecule has 0 aliphatic carbocycles. The van der Waals surface area contributed by atoms with Gasteiger partial charge in [-0.2, -0.15) is 0 Å². The molecule has 72 valence electrons. The summed E-state index contributed by atoms with van der Waals surface area (Å²) in [6.07, 6.45) is 3.19. The number of allylic oxidation sites excluding steroid dienone is 1. The van der Waals surface area contributed by atoms with Crippen LogP contribution in [-0.2, 0) is 4.79 Å². The predicted octanol–water partition coefficient (Wildman–Crippen LogP) is 2.57. The van der Waals surface area contributed by atoms with Gasteiger partial charge in [0.25, 0.3) is 5.69 Å². The molecular weight excluding hydrogens is 250 g/mol. The molecule has 0 spiro atoms. The lowest BCUT2D eigenvalue weighted by atomic mass is 10.2. The molecule has 0 bridgehead atoms. The third-order valence-electron chi connectivity index (χ3n) is 1.54. The topological polar surface area (TPSA) is 60.2 Å². The lowest BCUT2D eigenvalue weighted by Crippen LogP contribution is -1.91. The average molecular weight is 256 g/mol. The van der Waals surface area contributed by atoms with Gasteiger partial charge in [0.2, 0.25) is 0 Å². The van der Waals surface area contributed by atoms with Crippen LogP contribution < -0.4 is 0 Å². The molecular formula is C9H6BrNO3. The summed E-state index contributed by atoms with van der Waals surface area (Å²) in [6, 6.07) is 4.64. The van der Waals surface area contributed by atoms with Gasteiger partial charge in [-0.3, -0.25) is 14.9 Å². The van der Waals surface area contributed by atoms with Gasteiger partial charge in [-0.1, -0.05) is 15.9 Å². The summed E-state index contributed by atoms with van der Waals surface area (Å²) in [4.78, 5) is 20.2. The summed E-state index contributed by atoms with van der Waals surface area (Å²) in [5.74, 6) is 0. The predicted molar refractivity (Wildman–Crippen MR) is 55.9 cm³/mol. The molecule has 0 radical (unpaired) electrons. The molecule has 0 N–H and O–H groups in total. The first-order valence-corrected chi connectivity index (χ1v) is 4.50. The van der Waals surface area contributed by atoms with E-state index in [1.807, 2.05) is 0 Å². The first-order chi connectivity index (χ1) is 6.65. The molecule has 0 atom stereocenters. The summed E-state index contributed by atoms with van der Waals surface area (Å²) in [6.45, 7) is 0. The highest BCUT2D eigenvalue weighted by molar-refractivity contribution is 9.10. The van der Waals surface area contributed by atoms with Crippen LogP contribution in [0, 0.1) is 10.1 Å². The number of carbonyl (C=O) groups is 1. The molecule has 1 aromatic rings. The molecule has 14 heavy (non-hydrogen) atoms. The maximum Gasteiger partial charge on any atom is 0.277 e. The molecule has 0 fully saturated rings. The number of nitro groups is 1. The minimum atomic E-state index is -0.491. The zero-order valence-corrected chi connectivity index (χ0v) is 8.60. The lowest BCUT2D eigenvalue weighted by Gasteiger charge is -1.97. The number of nitro benzene ring substituents is 1. The van der Waals surface area contributed by atoms with E-state index in [1.54, 1.807) is 12.1 Å². The molecule has 0 aromatic heterocycles. The van der Waals surface area contributed by atoms with Gasteiger partial charge in [-0.25, -0.2) is 0 Å². The Morgan fingerprint density at radius 3 is 2.71 bits per heavy atom. The largest absolute Gasteiger partial charge is 0.299 e. The van der Waals surface area contributed by atoms with E-state index in [9.17, 15) is 14.9 Å². The second-order valence-electron chi connectivity index (χ2n) is 2.46. The molecule has 0 saturated carbocycles. The highest BCUT2D eigenvalue weighted by Gasteiger charge is 2.11. The Hall–Kier alpha value is -1.49. The average Bonchev–Trinajstić information content (AvgIpc) is 2.15. The molecule has 5 heteroatoms. The maximum absolute atomic E-state index is 10.6. The van der Waals surface area contributed by atoms with E-state index in [2.05, 4.69) is 15.9 Å². The van der Waals surface area contributed by atoms with Crippen molar-refractivity contribution in [3.8, 4) is 0 Å². The number of carbonyl (C=O) groups excluding carboxylic acids is 1. The Bertz CT molecular complexity index is 401. The molecule has 0 aliphatic rings. The van der Waals surface area contributed by atoms with Crippen molar-refractivity contribution in [1.29, 1.82) is 0 Å². The van der Waals surface area contributed by atoms with Crippen molar-refractivity contribution >= 4 is 34.0 Å². The summed E-state index contributed by atoms with van der Waals surface area (Å²) in [7, 11) is 0. The fourth-order valence-electron chi connectivity index (χ4n) is 0.959. The van der Waals surface area contributed by atoms with Gasteiger partial charge in [0.15, 0.2) is 0 Å². The third-order valence-corrected chi connectivity index (χ3v) is 2.04. The van der Waals surface area contributed by atoms with Crippen molar-refractivity contribution in [1.82, 2.24) is 0 Å². The van der Waals surface area contributed by atoms with Crippen molar-refractivity contribution in [2.24, 2.45) is 0 Å². The van der Waals surface area contributed by atoms with Crippen molar-refractivity contribution in [2.45, 2.75) is 0 Å². The lowest BCUT2D eigenvalue weighted by molar-refractivity contribution is -0.385. The summed E-state index contributed by atoms with van der Waals surface area (Å²) < 4.78 is 0.632. The van der Waals surface area contributed by atoms with Gasteiger partial charge < -0.3 is 0 Å². The Morgan fingerprint density at radius 2 is 2.14 bits per heavy atom. The number of benzene rings is 1. The smallest absolute Gasteiger partial charge is 0.277 e. The second-order valence-corrected chi connectivity index (χ2v) is 3.37. The van der Waals surface area contributed by atoms with E-state index in [0.29, 0.717) is 16.3 Å². The zero-order chi connectivity index (χ0) is 10.6. The molecule has 0 amide bonds. The van der Waals surface area contributed by atoms with Crippen molar-refractivity contribution < 1.29 is 9.72 Å². The summed E-state index contributed by atoms with van der Waals surface area (Å²) in [5.41, 5.74) is 0.378. The summed E-state index contributed by atoms with van der Waals surface area (Å²) >= 11 is 3.13. The molecule has 0 unspecified atom stereocenters. The Labute approximate surface area is 88.5 Å². The Balaban J connectivity index is 3.21. The Kier molecular flexibility index (Phi) is 3.53. The minimum Gasteiger partial charge on any atom is -0.299 e. The van der Waals surface area contributed by atoms with Crippen LogP contribution in [0.1, 0.15) is 5.56 Å². The number of aldehydes is 1. The number of hydrogen-bond acceptors (Lipinski definition) is 3. The molecule has 1 aromatic carbocycles. The molecule has 0 aliphatic heterocycles. The van der Waals surface area contributed by atoms with Crippen LogP contribution in [0.3, 0.4) is 0 Å². The Morgan fingerprint density at radius 1 is 1.43 bits per heavy atom. The third kappa shape index (κ3) is 2.50.